The van der Waals surface area contributed by atoms with Crippen LogP contribution in [0, 0.1) is 23.7 Å². The van der Waals surface area contributed by atoms with Crippen molar-refractivity contribution in [1.82, 2.24) is 0 Å². The van der Waals surface area contributed by atoms with Crippen LogP contribution in [0.4, 0.5) is 0 Å². The molecule has 0 fully saturated rings. The first-order valence-corrected chi connectivity index (χ1v) is 14.8. The van der Waals surface area contributed by atoms with Crippen LogP contribution in [-0.4, -0.2) is 0 Å². The van der Waals surface area contributed by atoms with Gasteiger partial charge in [0, 0.05) is 5.41 Å². The summed E-state index contributed by atoms with van der Waals surface area (Å²) in [5.41, 5.74) is 10.3. The largest absolute Gasteiger partial charge is 0.0683 e. The molecule has 4 atom stereocenters. The first-order chi connectivity index (χ1) is 16.6. The SMILES string of the molecule is CC.CC.CC.CC.CCC1Cc2cccc3c2C2(c4c(cccc4CC(CC)C2C)C3)C1C. The molecule has 4 unspecified atom stereocenters. The van der Waals surface area contributed by atoms with Crippen molar-refractivity contribution in [3.8, 4) is 0 Å². The van der Waals surface area contributed by atoms with Gasteiger partial charge in [0.25, 0.3) is 0 Å². The van der Waals surface area contributed by atoms with E-state index in [1.165, 1.54) is 25.7 Å². The summed E-state index contributed by atoms with van der Waals surface area (Å²) in [7, 11) is 0. The second kappa shape index (κ2) is 14.1. The molecule has 0 saturated carbocycles. The quantitative estimate of drug-likeness (QED) is 0.414. The maximum atomic E-state index is 2.59. The number of hydrogen-bond acceptors (Lipinski definition) is 0. The second-order valence-electron chi connectivity index (χ2n) is 9.27. The van der Waals surface area contributed by atoms with Crippen molar-refractivity contribution in [1.29, 1.82) is 0 Å². The molecule has 0 radical (unpaired) electrons. The highest BCUT2D eigenvalue weighted by Gasteiger charge is 2.57. The molecule has 0 nitrogen and oxygen atoms in total. The van der Waals surface area contributed by atoms with Crippen molar-refractivity contribution in [3.63, 3.8) is 0 Å². The predicted octanol–water partition coefficient (Wildman–Crippen LogP) is 10.4. The molecule has 1 spiro atoms. The van der Waals surface area contributed by atoms with Gasteiger partial charge >= 0.3 is 0 Å². The fourth-order valence-electron chi connectivity index (χ4n) is 7.32. The van der Waals surface area contributed by atoms with E-state index in [4.69, 9.17) is 0 Å². The van der Waals surface area contributed by atoms with Gasteiger partial charge in [-0.2, -0.15) is 0 Å². The third-order valence-electron chi connectivity index (χ3n) is 8.55. The minimum Gasteiger partial charge on any atom is -0.0683 e. The molecule has 0 bridgehead atoms. The normalized spacial score (nSPS) is 26.8. The molecule has 34 heavy (non-hydrogen) atoms. The predicted molar refractivity (Wildman–Crippen MR) is 155 cm³/mol. The van der Waals surface area contributed by atoms with Gasteiger partial charge in [-0.05, 0) is 76.3 Å². The molecule has 0 saturated heterocycles. The Morgan fingerprint density at radius 1 is 0.588 bits per heavy atom. The molecule has 2 aromatic rings. The molecular formula is C34H56. The standard InChI is InChI=1S/C26H32.4C2H6/c1-5-18-13-20-9-7-11-22-15-23-12-8-10-21-14-19(6-2)17(4)26(16(18)3,24(20)22)25(21)23;4*1-2/h7-12,16-19H,5-6,13-15H2,1-4H3;4*1-2H3. The summed E-state index contributed by atoms with van der Waals surface area (Å²) in [5, 5.41) is 0. The summed E-state index contributed by atoms with van der Waals surface area (Å²) in [6.45, 7) is 26.0. The molecular weight excluding hydrogens is 408 g/mol. The molecule has 2 aromatic carbocycles. The van der Waals surface area contributed by atoms with Crippen LogP contribution in [0.3, 0.4) is 0 Å². The summed E-state index contributed by atoms with van der Waals surface area (Å²) in [6, 6.07) is 14.4. The highest BCUT2D eigenvalue weighted by Crippen LogP contribution is 2.62. The van der Waals surface area contributed by atoms with Crippen LogP contribution in [0.25, 0.3) is 0 Å². The van der Waals surface area contributed by atoms with Crippen molar-refractivity contribution in [2.45, 2.75) is 121 Å². The summed E-state index contributed by atoms with van der Waals surface area (Å²) in [6.07, 6.45) is 6.30. The first kappa shape index (κ1) is 30.5. The van der Waals surface area contributed by atoms with Crippen LogP contribution in [0.5, 0.6) is 0 Å². The number of rotatable bonds is 2. The zero-order valence-corrected chi connectivity index (χ0v) is 24.8. The van der Waals surface area contributed by atoms with Crippen molar-refractivity contribution < 1.29 is 0 Å². The summed E-state index contributed by atoms with van der Waals surface area (Å²) in [4.78, 5) is 0. The van der Waals surface area contributed by atoms with E-state index in [2.05, 4.69) is 64.1 Å². The van der Waals surface area contributed by atoms with Gasteiger partial charge in [-0.1, -0.05) is 132 Å². The summed E-state index contributed by atoms with van der Waals surface area (Å²) >= 11 is 0. The molecule has 0 N–H and O–H groups in total. The lowest BCUT2D eigenvalue weighted by atomic mass is 9.44. The summed E-state index contributed by atoms with van der Waals surface area (Å²) in [5.74, 6) is 3.06. The van der Waals surface area contributed by atoms with E-state index in [0.717, 1.165) is 30.1 Å². The van der Waals surface area contributed by atoms with Gasteiger partial charge in [0.05, 0.1) is 0 Å². The summed E-state index contributed by atoms with van der Waals surface area (Å²) < 4.78 is 0. The second-order valence-corrected chi connectivity index (χ2v) is 9.27. The van der Waals surface area contributed by atoms with Gasteiger partial charge in [-0.3, -0.25) is 0 Å². The van der Waals surface area contributed by atoms with Gasteiger partial charge in [-0.15, -0.1) is 0 Å². The van der Waals surface area contributed by atoms with Crippen LogP contribution < -0.4 is 0 Å². The Bertz CT molecular complexity index is 787. The highest BCUT2D eigenvalue weighted by atomic mass is 14.6. The Hall–Kier alpha value is -1.56. The molecule has 0 heteroatoms. The molecule has 5 rings (SSSR count). The van der Waals surface area contributed by atoms with Crippen molar-refractivity contribution in [2.24, 2.45) is 23.7 Å². The average Bonchev–Trinajstić information content (AvgIpc) is 2.92. The number of hydrogen-bond donors (Lipinski definition) is 0. The van der Waals surface area contributed by atoms with Gasteiger partial charge in [0.2, 0.25) is 0 Å². The zero-order valence-electron chi connectivity index (χ0n) is 24.8. The van der Waals surface area contributed by atoms with Gasteiger partial charge in [-0.25, -0.2) is 0 Å². The van der Waals surface area contributed by atoms with E-state index in [-0.39, 0.29) is 5.41 Å². The van der Waals surface area contributed by atoms with Gasteiger partial charge in [0.15, 0.2) is 0 Å². The van der Waals surface area contributed by atoms with Crippen LogP contribution in [0.2, 0.25) is 0 Å². The van der Waals surface area contributed by atoms with E-state index in [1.807, 2.05) is 55.4 Å². The third kappa shape index (κ3) is 4.76. The maximum Gasteiger partial charge on any atom is 0.0270 e. The maximum absolute atomic E-state index is 2.59. The molecule has 3 aliphatic carbocycles. The highest BCUT2D eigenvalue weighted by molar-refractivity contribution is 5.62. The fourth-order valence-corrected chi connectivity index (χ4v) is 7.32. The van der Waals surface area contributed by atoms with Crippen LogP contribution in [-0.2, 0) is 24.7 Å². The smallest absolute Gasteiger partial charge is 0.0270 e. The Kier molecular flexibility index (Phi) is 12.6. The van der Waals surface area contributed by atoms with Crippen LogP contribution in [0.1, 0.15) is 129 Å². The lowest BCUT2D eigenvalue weighted by Gasteiger charge is -2.59. The lowest BCUT2D eigenvalue weighted by molar-refractivity contribution is 0.0932. The Labute approximate surface area is 214 Å². The average molecular weight is 465 g/mol. The third-order valence-corrected chi connectivity index (χ3v) is 8.55. The number of benzene rings is 2. The molecule has 0 amide bonds. The van der Waals surface area contributed by atoms with E-state index < -0.39 is 0 Å². The zero-order chi connectivity index (χ0) is 26.1. The van der Waals surface area contributed by atoms with Crippen LogP contribution >= 0.6 is 0 Å². The molecule has 0 aromatic heterocycles. The van der Waals surface area contributed by atoms with Gasteiger partial charge in [0.1, 0.15) is 0 Å². The Morgan fingerprint density at radius 3 is 1.24 bits per heavy atom. The van der Waals surface area contributed by atoms with Crippen molar-refractivity contribution >= 4 is 0 Å². The van der Waals surface area contributed by atoms with Crippen molar-refractivity contribution in [3.05, 3.63) is 69.8 Å². The van der Waals surface area contributed by atoms with E-state index in [1.54, 1.807) is 33.4 Å². The van der Waals surface area contributed by atoms with Crippen LogP contribution in [0.15, 0.2) is 36.4 Å². The topological polar surface area (TPSA) is 0 Å². The molecule has 0 aliphatic heterocycles. The minimum absolute atomic E-state index is 0.244. The minimum atomic E-state index is 0.244. The molecule has 3 aliphatic rings. The monoisotopic (exact) mass is 464 g/mol. The van der Waals surface area contributed by atoms with Gasteiger partial charge < -0.3 is 0 Å². The van der Waals surface area contributed by atoms with E-state index >= 15 is 0 Å². The van der Waals surface area contributed by atoms with E-state index in [9.17, 15) is 0 Å². The lowest BCUT2D eigenvalue weighted by Crippen LogP contribution is -2.55. The van der Waals surface area contributed by atoms with E-state index in [0.29, 0.717) is 0 Å². The Morgan fingerprint density at radius 2 is 0.912 bits per heavy atom. The molecule has 192 valence electrons. The first-order valence-electron chi connectivity index (χ1n) is 14.8. The fraction of sp³-hybridized carbons (Fsp3) is 0.647. The van der Waals surface area contributed by atoms with Crippen molar-refractivity contribution in [2.75, 3.05) is 0 Å². The molecule has 0 heterocycles. The Balaban J connectivity index is 0.000000659.